The highest BCUT2D eigenvalue weighted by Gasteiger charge is 2.12. The van der Waals surface area contributed by atoms with Crippen molar-refractivity contribution in [3.8, 4) is 0 Å². The molecule has 0 unspecified atom stereocenters. The zero-order chi connectivity index (χ0) is 15.7. The first-order valence-corrected chi connectivity index (χ1v) is 7.42. The Labute approximate surface area is 132 Å². The molecule has 1 amide bonds. The van der Waals surface area contributed by atoms with Crippen LogP contribution in [0.1, 0.15) is 41.6 Å². The van der Waals surface area contributed by atoms with Crippen LogP contribution in [-0.2, 0) is 6.54 Å². The second-order valence-corrected chi connectivity index (χ2v) is 5.88. The van der Waals surface area contributed by atoms with Crippen molar-refractivity contribution in [2.24, 2.45) is 0 Å². The molecule has 114 valence electrons. The molecule has 5 nitrogen and oxygen atoms in total. The Kier molecular flexibility index (Phi) is 3.90. The van der Waals surface area contributed by atoms with E-state index in [1.165, 1.54) is 12.3 Å². The molecule has 0 radical (unpaired) electrons. The van der Waals surface area contributed by atoms with Gasteiger partial charge in [0.2, 0.25) is 5.76 Å². The predicted molar refractivity (Wildman–Crippen MR) is 85.1 cm³/mol. The van der Waals surface area contributed by atoms with Crippen LogP contribution in [0, 0.1) is 0 Å². The lowest BCUT2D eigenvalue weighted by atomic mass is 10.0. The highest BCUT2D eigenvalue weighted by molar-refractivity contribution is 6.32. The number of hydrogen-bond donors (Lipinski definition) is 2. The molecular weight excluding hydrogens is 302 g/mol. The Morgan fingerprint density at radius 3 is 2.91 bits per heavy atom. The van der Waals surface area contributed by atoms with Gasteiger partial charge in [0.15, 0.2) is 0 Å². The molecule has 0 aliphatic heterocycles. The Morgan fingerprint density at radius 2 is 2.23 bits per heavy atom. The van der Waals surface area contributed by atoms with E-state index in [4.69, 9.17) is 16.1 Å². The number of aromatic amines is 1. The summed E-state index contributed by atoms with van der Waals surface area (Å²) in [4.78, 5) is 15.1. The normalized spacial score (nSPS) is 11.3. The maximum atomic E-state index is 11.8. The lowest BCUT2D eigenvalue weighted by Gasteiger charge is -2.07. The van der Waals surface area contributed by atoms with Crippen LogP contribution < -0.4 is 5.32 Å². The van der Waals surface area contributed by atoms with Crippen LogP contribution in [-0.4, -0.2) is 16.0 Å². The van der Waals surface area contributed by atoms with E-state index in [9.17, 15) is 4.79 Å². The van der Waals surface area contributed by atoms with Crippen molar-refractivity contribution in [2.45, 2.75) is 26.3 Å². The smallest absolute Gasteiger partial charge is 0.290 e. The fourth-order valence-corrected chi connectivity index (χ4v) is 2.75. The van der Waals surface area contributed by atoms with E-state index in [0.717, 1.165) is 27.2 Å². The van der Waals surface area contributed by atoms with Crippen molar-refractivity contribution < 1.29 is 9.32 Å². The number of carbonyl (C=O) groups is 1. The van der Waals surface area contributed by atoms with Crippen LogP contribution in [0.5, 0.6) is 0 Å². The molecule has 1 aromatic carbocycles. The van der Waals surface area contributed by atoms with E-state index in [1.54, 1.807) is 0 Å². The van der Waals surface area contributed by atoms with E-state index in [0.29, 0.717) is 12.5 Å². The maximum absolute atomic E-state index is 11.8. The Balaban J connectivity index is 1.79. The highest BCUT2D eigenvalue weighted by Crippen LogP contribution is 2.29. The van der Waals surface area contributed by atoms with Gasteiger partial charge in [0, 0.05) is 27.7 Å². The fraction of sp³-hybridized carbons (Fsp3) is 0.250. The Morgan fingerprint density at radius 1 is 1.41 bits per heavy atom. The minimum atomic E-state index is -0.294. The first-order chi connectivity index (χ1) is 10.5. The second kappa shape index (κ2) is 5.85. The number of amides is 1. The number of benzene rings is 1. The predicted octanol–water partition coefficient (Wildman–Crippen LogP) is 3.86. The number of nitrogens with zero attached hydrogens (tertiary/aromatic N) is 1. The molecule has 3 aromatic rings. The van der Waals surface area contributed by atoms with Crippen molar-refractivity contribution in [1.82, 2.24) is 15.5 Å². The summed E-state index contributed by atoms with van der Waals surface area (Å²) in [5.74, 6) is 0.258. The van der Waals surface area contributed by atoms with E-state index in [2.05, 4.69) is 35.4 Å². The van der Waals surface area contributed by atoms with Gasteiger partial charge in [0.05, 0.1) is 12.7 Å². The maximum Gasteiger partial charge on any atom is 0.290 e. The molecule has 0 bridgehead atoms. The van der Waals surface area contributed by atoms with Crippen molar-refractivity contribution in [3.63, 3.8) is 0 Å². The second-order valence-electron chi connectivity index (χ2n) is 5.47. The lowest BCUT2D eigenvalue weighted by Crippen LogP contribution is -2.22. The van der Waals surface area contributed by atoms with Gasteiger partial charge >= 0.3 is 0 Å². The number of carbonyl (C=O) groups excluding carboxylic acids is 1. The minimum absolute atomic E-state index is 0.196. The van der Waals surface area contributed by atoms with Crippen LogP contribution in [0.25, 0.3) is 10.9 Å². The molecule has 6 heteroatoms. The summed E-state index contributed by atoms with van der Waals surface area (Å²) in [5, 5.41) is 8.08. The summed E-state index contributed by atoms with van der Waals surface area (Å²) in [5.41, 5.74) is 3.02. The molecule has 0 aliphatic carbocycles. The van der Waals surface area contributed by atoms with Crippen LogP contribution in [0.15, 0.2) is 35.0 Å². The third-order valence-corrected chi connectivity index (χ3v) is 3.84. The molecule has 2 aromatic heterocycles. The number of H-pyrrole nitrogens is 1. The number of aromatic nitrogens is 2. The van der Waals surface area contributed by atoms with E-state index >= 15 is 0 Å². The molecule has 0 fully saturated rings. The van der Waals surface area contributed by atoms with Gasteiger partial charge in [0.1, 0.15) is 0 Å². The van der Waals surface area contributed by atoms with Gasteiger partial charge in [-0.1, -0.05) is 30.6 Å². The average molecular weight is 318 g/mol. The van der Waals surface area contributed by atoms with Crippen molar-refractivity contribution >= 4 is 28.4 Å². The van der Waals surface area contributed by atoms with E-state index < -0.39 is 0 Å². The zero-order valence-electron chi connectivity index (χ0n) is 12.3. The molecule has 0 aliphatic rings. The topological polar surface area (TPSA) is 70.9 Å². The summed E-state index contributed by atoms with van der Waals surface area (Å²) >= 11 is 6.30. The Bertz CT molecular complexity index is 806. The number of halogens is 1. The van der Waals surface area contributed by atoms with Gasteiger partial charge in [-0.05, 0) is 29.7 Å². The molecule has 0 atom stereocenters. The number of hydrogen-bond acceptors (Lipinski definition) is 3. The third kappa shape index (κ3) is 2.85. The lowest BCUT2D eigenvalue weighted by molar-refractivity contribution is 0.0913. The number of rotatable bonds is 4. The summed E-state index contributed by atoms with van der Waals surface area (Å²) < 4.78 is 4.81. The molecule has 22 heavy (non-hydrogen) atoms. The van der Waals surface area contributed by atoms with Crippen molar-refractivity contribution in [1.29, 1.82) is 0 Å². The van der Waals surface area contributed by atoms with Crippen LogP contribution in [0.3, 0.4) is 0 Å². The van der Waals surface area contributed by atoms with E-state index in [-0.39, 0.29) is 11.7 Å². The summed E-state index contributed by atoms with van der Waals surface area (Å²) in [7, 11) is 0. The number of fused-ring (bicyclic) bond motifs is 1. The largest absolute Gasteiger partial charge is 0.357 e. The quantitative estimate of drug-likeness (QED) is 0.767. The molecule has 0 saturated carbocycles. The summed E-state index contributed by atoms with van der Waals surface area (Å²) in [6.07, 6.45) is 1.44. The van der Waals surface area contributed by atoms with Crippen LogP contribution in [0.4, 0.5) is 0 Å². The van der Waals surface area contributed by atoms with Gasteiger partial charge in [0.25, 0.3) is 5.91 Å². The van der Waals surface area contributed by atoms with Crippen molar-refractivity contribution in [3.05, 3.63) is 52.5 Å². The van der Waals surface area contributed by atoms with Gasteiger partial charge in [-0.2, -0.15) is 0 Å². The highest BCUT2D eigenvalue weighted by atomic mass is 35.5. The minimum Gasteiger partial charge on any atom is -0.357 e. The number of nitrogens with one attached hydrogen (secondary N) is 2. The fourth-order valence-electron chi connectivity index (χ4n) is 2.36. The van der Waals surface area contributed by atoms with Crippen molar-refractivity contribution in [2.75, 3.05) is 0 Å². The molecule has 0 saturated heterocycles. The van der Waals surface area contributed by atoms with Gasteiger partial charge in [-0.15, -0.1) is 0 Å². The van der Waals surface area contributed by atoms with Crippen LogP contribution >= 0.6 is 11.6 Å². The Hall–Kier alpha value is -2.27. The van der Waals surface area contributed by atoms with Gasteiger partial charge in [-0.3, -0.25) is 4.79 Å². The van der Waals surface area contributed by atoms with Crippen LogP contribution in [0.2, 0.25) is 5.02 Å². The standard InChI is InChI=1S/C16H16ClN3O2/c1-9(2)12-7-14-10(6-13(12)17)5-11(20-14)8-18-16(21)15-3-4-19-22-15/h3-7,9,20H,8H2,1-2H3,(H,18,21). The first kappa shape index (κ1) is 14.7. The molecule has 3 rings (SSSR count). The third-order valence-electron chi connectivity index (χ3n) is 3.52. The molecule has 2 heterocycles. The average Bonchev–Trinajstić information content (AvgIpc) is 3.12. The zero-order valence-corrected chi connectivity index (χ0v) is 13.1. The molecule has 0 spiro atoms. The summed E-state index contributed by atoms with van der Waals surface area (Å²) in [6.45, 7) is 4.59. The molecule has 2 N–H and O–H groups in total. The van der Waals surface area contributed by atoms with E-state index in [1.807, 2.05) is 12.1 Å². The molecular formula is C16H16ClN3O2. The SMILES string of the molecule is CC(C)c1cc2[nH]c(CNC(=O)c3ccno3)cc2cc1Cl. The summed E-state index contributed by atoms with van der Waals surface area (Å²) in [6, 6.07) is 7.51. The monoisotopic (exact) mass is 317 g/mol. The first-order valence-electron chi connectivity index (χ1n) is 7.04. The van der Waals surface area contributed by atoms with Gasteiger partial charge in [-0.25, -0.2) is 0 Å². The van der Waals surface area contributed by atoms with Gasteiger partial charge < -0.3 is 14.8 Å².